The average molecular weight is 402 g/mol. The Morgan fingerprint density at radius 3 is 2.67 bits per heavy atom. The Hall–Kier alpha value is -3.88. The van der Waals surface area contributed by atoms with E-state index < -0.39 is 0 Å². The number of nitrogens with zero attached hydrogens (tertiary/aromatic N) is 6. The van der Waals surface area contributed by atoms with Gasteiger partial charge in [-0.2, -0.15) is 4.98 Å². The molecule has 0 bridgehead atoms. The quantitative estimate of drug-likeness (QED) is 0.512. The first-order valence-electron chi connectivity index (χ1n) is 9.54. The molecule has 1 amide bonds. The fraction of sp³-hybridized carbons (Fsp3) is 0.238. The number of likely N-dealkylation sites (tertiary alicyclic amines) is 1. The Morgan fingerprint density at radius 2 is 1.93 bits per heavy atom. The number of hydrogen-bond donors (Lipinski definition) is 0. The van der Waals surface area contributed by atoms with Gasteiger partial charge in [-0.3, -0.25) is 14.8 Å². The smallest absolute Gasteiger partial charge is 0.291 e. The summed E-state index contributed by atoms with van der Waals surface area (Å²) in [6.45, 7) is 2.67. The highest BCUT2D eigenvalue weighted by atomic mass is 16.5. The van der Waals surface area contributed by atoms with Crippen LogP contribution in [0.25, 0.3) is 11.4 Å². The molecule has 1 aliphatic rings. The van der Waals surface area contributed by atoms with Crippen molar-refractivity contribution < 1.29 is 13.7 Å². The molecule has 1 aliphatic heterocycles. The highest BCUT2D eigenvalue weighted by molar-refractivity contribution is 5.92. The molecule has 9 heteroatoms. The molecular weight excluding hydrogens is 384 g/mol. The summed E-state index contributed by atoms with van der Waals surface area (Å²) in [4.78, 5) is 31.7. The zero-order valence-corrected chi connectivity index (χ0v) is 16.2. The topological polar surface area (TPSA) is 111 Å². The maximum Gasteiger partial charge on any atom is 0.291 e. The van der Waals surface area contributed by atoms with Gasteiger partial charge in [0, 0.05) is 49.4 Å². The van der Waals surface area contributed by atoms with Crippen LogP contribution in [0, 0.1) is 6.92 Å². The highest BCUT2D eigenvalue weighted by Crippen LogP contribution is 2.40. The minimum atomic E-state index is -0.199. The lowest BCUT2D eigenvalue weighted by molar-refractivity contribution is 0.0755. The van der Waals surface area contributed by atoms with Crippen LogP contribution < -0.4 is 0 Å². The molecule has 4 aromatic heterocycles. The zero-order chi connectivity index (χ0) is 20.5. The Bertz CT molecular complexity index is 1160. The van der Waals surface area contributed by atoms with Gasteiger partial charge in [-0.25, -0.2) is 4.98 Å². The van der Waals surface area contributed by atoms with Crippen LogP contribution >= 0.6 is 0 Å². The fourth-order valence-corrected chi connectivity index (χ4v) is 3.81. The molecular formula is C21H18N6O3. The number of carbonyl (C=O) groups is 1. The van der Waals surface area contributed by atoms with Gasteiger partial charge in [-0.1, -0.05) is 11.2 Å². The minimum absolute atomic E-state index is 0.0309. The molecule has 0 spiro atoms. The van der Waals surface area contributed by atoms with E-state index in [1.165, 1.54) is 6.39 Å². The number of oxazole rings is 1. The first kappa shape index (κ1) is 18.2. The van der Waals surface area contributed by atoms with E-state index in [0.717, 1.165) is 11.1 Å². The molecule has 0 radical (unpaired) electrons. The zero-order valence-electron chi connectivity index (χ0n) is 16.2. The number of amides is 1. The summed E-state index contributed by atoms with van der Waals surface area (Å²) in [5.74, 6) is 0.841. The van der Waals surface area contributed by atoms with Crippen LogP contribution in [0.1, 0.15) is 39.5 Å². The number of aryl methyl sites for hydroxylation is 1. The number of rotatable bonds is 4. The molecule has 5 heterocycles. The molecule has 30 heavy (non-hydrogen) atoms. The van der Waals surface area contributed by atoms with Crippen molar-refractivity contribution in [3.05, 3.63) is 78.4 Å². The van der Waals surface area contributed by atoms with Crippen molar-refractivity contribution in [2.24, 2.45) is 0 Å². The van der Waals surface area contributed by atoms with E-state index in [0.29, 0.717) is 30.5 Å². The van der Waals surface area contributed by atoms with Gasteiger partial charge in [-0.15, -0.1) is 0 Å². The Balaban J connectivity index is 1.48. The highest BCUT2D eigenvalue weighted by Gasteiger charge is 2.41. The maximum absolute atomic E-state index is 13.0. The van der Waals surface area contributed by atoms with E-state index in [4.69, 9.17) is 8.94 Å². The molecule has 9 nitrogen and oxygen atoms in total. The fourth-order valence-electron chi connectivity index (χ4n) is 3.81. The maximum atomic E-state index is 13.0. The Kier molecular flexibility index (Phi) is 4.55. The Labute approximate surface area is 171 Å². The van der Waals surface area contributed by atoms with Crippen molar-refractivity contribution in [2.75, 3.05) is 13.1 Å². The molecule has 0 aromatic carbocycles. The van der Waals surface area contributed by atoms with Crippen molar-refractivity contribution in [2.45, 2.75) is 18.8 Å². The number of carbonyl (C=O) groups excluding carboxylic acids is 1. The lowest BCUT2D eigenvalue weighted by atomic mass is 9.90. The third kappa shape index (κ3) is 3.24. The average Bonchev–Trinajstić information content (AvgIpc) is 3.53. The molecule has 1 fully saturated rings. The van der Waals surface area contributed by atoms with Crippen molar-refractivity contribution in [1.82, 2.24) is 30.0 Å². The van der Waals surface area contributed by atoms with Gasteiger partial charge in [0.15, 0.2) is 6.39 Å². The molecule has 0 unspecified atom stereocenters. The first-order chi connectivity index (χ1) is 14.7. The van der Waals surface area contributed by atoms with Gasteiger partial charge >= 0.3 is 0 Å². The van der Waals surface area contributed by atoms with Crippen LogP contribution in [0.2, 0.25) is 0 Å². The van der Waals surface area contributed by atoms with Crippen molar-refractivity contribution in [3.8, 4) is 11.4 Å². The summed E-state index contributed by atoms with van der Waals surface area (Å²) in [7, 11) is 0. The number of hydrogen-bond acceptors (Lipinski definition) is 8. The normalized spacial score (nSPS) is 18.6. The van der Waals surface area contributed by atoms with Gasteiger partial charge in [-0.05, 0) is 30.7 Å². The predicted molar refractivity (Wildman–Crippen MR) is 104 cm³/mol. The molecule has 5 rings (SSSR count). The SMILES string of the molecule is Cc1ncoc1C(=O)N1C[C@@H](c2cccnc2)[C@H](c2nc(-c3ccncc3)no2)C1. The van der Waals surface area contributed by atoms with E-state index in [1.54, 1.807) is 30.4 Å². The molecule has 1 saturated heterocycles. The standard InChI is InChI=1S/C21H18N6O3/c1-13-18(29-12-24-13)21(28)27-10-16(15-3-2-6-23-9-15)17(11-27)20-25-19(26-30-20)14-4-7-22-8-5-14/h2-9,12,16-17H,10-11H2,1H3/t16-,17+/m0/s1. The van der Waals surface area contributed by atoms with E-state index in [-0.39, 0.29) is 23.5 Å². The number of aromatic nitrogens is 5. The van der Waals surface area contributed by atoms with Crippen molar-refractivity contribution >= 4 is 5.91 Å². The van der Waals surface area contributed by atoms with Crippen LogP contribution in [0.15, 0.2) is 64.4 Å². The van der Waals surface area contributed by atoms with E-state index in [1.807, 2.05) is 30.5 Å². The van der Waals surface area contributed by atoms with Crippen molar-refractivity contribution in [1.29, 1.82) is 0 Å². The van der Waals surface area contributed by atoms with Gasteiger partial charge in [0.25, 0.3) is 5.91 Å². The van der Waals surface area contributed by atoms with E-state index >= 15 is 0 Å². The predicted octanol–water partition coefficient (Wildman–Crippen LogP) is 2.85. The minimum Gasteiger partial charge on any atom is -0.438 e. The number of pyridine rings is 2. The van der Waals surface area contributed by atoms with Gasteiger partial charge < -0.3 is 13.8 Å². The second-order valence-corrected chi connectivity index (χ2v) is 7.17. The van der Waals surface area contributed by atoms with E-state index in [2.05, 4.69) is 25.1 Å². The lowest BCUT2D eigenvalue weighted by Gasteiger charge is -2.15. The largest absolute Gasteiger partial charge is 0.438 e. The molecule has 0 N–H and O–H groups in total. The van der Waals surface area contributed by atoms with E-state index in [9.17, 15) is 4.79 Å². The third-order valence-electron chi connectivity index (χ3n) is 5.36. The van der Waals surface area contributed by atoms with Crippen LogP contribution in [-0.2, 0) is 0 Å². The van der Waals surface area contributed by atoms with Crippen molar-refractivity contribution in [3.63, 3.8) is 0 Å². The summed E-state index contributed by atoms with van der Waals surface area (Å²) >= 11 is 0. The molecule has 0 saturated carbocycles. The Morgan fingerprint density at radius 1 is 1.10 bits per heavy atom. The summed E-state index contributed by atoms with van der Waals surface area (Å²) in [5, 5.41) is 4.13. The molecule has 2 atom stereocenters. The van der Waals surface area contributed by atoms with Gasteiger partial charge in [0.1, 0.15) is 0 Å². The molecule has 0 aliphatic carbocycles. The lowest BCUT2D eigenvalue weighted by Crippen LogP contribution is -2.29. The summed E-state index contributed by atoms with van der Waals surface area (Å²) in [6.07, 6.45) is 8.18. The van der Waals surface area contributed by atoms with Crippen LogP contribution in [0.5, 0.6) is 0 Å². The van der Waals surface area contributed by atoms with Crippen LogP contribution in [0.3, 0.4) is 0 Å². The summed E-state index contributed by atoms with van der Waals surface area (Å²) in [5.41, 5.74) is 2.40. The molecule has 150 valence electrons. The monoisotopic (exact) mass is 402 g/mol. The van der Waals surface area contributed by atoms with Crippen LogP contribution in [0.4, 0.5) is 0 Å². The second kappa shape index (κ2) is 7.51. The second-order valence-electron chi connectivity index (χ2n) is 7.17. The summed E-state index contributed by atoms with van der Waals surface area (Å²) in [6, 6.07) is 7.53. The van der Waals surface area contributed by atoms with Gasteiger partial charge in [0.05, 0.1) is 11.6 Å². The van der Waals surface area contributed by atoms with Crippen LogP contribution in [-0.4, -0.2) is 49.0 Å². The third-order valence-corrected chi connectivity index (χ3v) is 5.36. The first-order valence-corrected chi connectivity index (χ1v) is 9.54. The summed E-state index contributed by atoms with van der Waals surface area (Å²) < 4.78 is 10.9. The molecule has 4 aromatic rings. The van der Waals surface area contributed by atoms with Gasteiger partial charge in [0.2, 0.25) is 17.5 Å².